The minimum Gasteiger partial charge on any atom is -0.198 e. The Morgan fingerprint density at radius 3 is 2.06 bits per heavy atom. The van der Waals surface area contributed by atoms with Gasteiger partial charge in [0.2, 0.25) is 0 Å². The predicted molar refractivity (Wildman–Crippen MR) is 142 cm³/mol. The number of aryl methyl sites for hydroxylation is 1. The molecule has 2 aliphatic carbocycles. The molecule has 0 radical (unpaired) electrons. The van der Waals surface area contributed by atoms with Crippen LogP contribution in [0.3, 0.4) is 0 Å². The second kappa shape index (κ2) is 13.6. The lowest BCUT2D eigenvalue weighted by Crippen LogP contribution is -2.32. The fourth-order valence-corrected chi connectivity index (χ4v) is 6.83. The second-order valence-electron chi connectivity index (χ2n) is 11.8. The highest BCUT2D eigenvalue weighted by molar-refractivity contribution is 5.26. The molecule has 0 N–H and O–H groups in total. The van der Waals surface area contributed by atoms with E-state index in [1.165, 1.54) is 95.5 Å². The molecule has 0 unspecified atom stereocenters. The molecule has 0 bridgehead atoms. The summed E-state index contributed by atoms with van der Waals surface area (Å²) in [4.78, 5) is 0. The van der Waals surface area contributed by atoms with Gasteiger partial charge in [0.1, 0.15) is 0 Å². The minimum absolute atomic E-state index is 0.0135. The summed E-state index contributed by atoms with van der Waals surface area (Å²) in [5.74, 6) is 3.25. The third kappa shape index (κ3) is 7.87. The summed E-state index contributed by atoms with van der Waals surface area (Å²) < 4.78 is 0. The third-order valence-corrected chi connectivity index (χ3v) is 9.37. The number of benzene rings is 1. The predicted octanol–water partition coefficient (Wildman–Crippen LogP) is 10.00. The molecule has 2 aliphatic rings. The summed E-state index contributed by atoms with van der Waals surface area (Å²) in [5.41, 5.74) is 3.10. The van der Waals surface area contributed by atoms with Crippen LogP contribution >= 0.6 is 0 Å². The normalized spacial score (nSPS) is 28.8. The Kier molecular flexibility index (Phi) is 10.8. The highest BCUT2D eigenvalue weighted by Crippen LogP contribution is 2.49. The van der Waals surface area contributed by atoms with Crippen molar-refractivity contribution in [2.45, 2.75) is 136 Å². The highest BCUT2D eigenvalue weighted by atomic mass is 14.5. The molecule has 1 atom stereocenters. The number of hydrogen-bond donors (Lipinski definition) is 0. The zero-order valence-corrected chi connectivity index (χ0v) is 22.1. The molecule has 1 nitrogen and oxygen atoms in total. The van der Waals surface area contributed by atoms with Crippen molar-refractivity contribution < 1.29 is 0 Å². The van der Waals surface area contributed by atoms with Gasteiger partial charge in [0.05, 0.1) is 11.5 Å². The van der Waals surface area contributed by atoms with Crippen molar-refractivity contribution in [1.82, 2.24) is 0 Å². The van der Waals surface area contributed by atoms with E-state index in [2.05, 4.69) is 51.1 Å². The van der Waals surface area contributed by atoms with Crippen LogP contribution in [0.2, 0.25) is 0 Å². The van der Waals surface area contributed by atoms with Crippen LogP contribution in [-0.4, -0.2) is 0 Å². The Morgan fingerprint density at radius 2 is 1.45 bits per heavy atom. The quantitative estimate of drug-likeness (QED) is 0.291. The molecular weight excluding hydrogens is 398 g/mol. The first-order chi connectivity index (χ1) is 16.1. The van der Waals surface area contributed by atoms with Gasteiger partial charge in [0, 0.05) is 0 Å². The van der Waals surface area contributed by atoms with Gasteiger partial charge in [-0.15, -0.1) is 0 Å². The summed E-state index contributed by atoms with van der Waals surface area (Å²) >= 11 is 0. The zero-order chi connectivity index (χ0) is 23.5. The summed E-state index contributed by atoms with van der Waals surface area (Å²) in [6.45, 7) is 6.88. The lowest BCUT2D eigenvalue weighted by molar-refractivity contribution is 0.116. The first-order valence-corrected chi connectivity index (χ1v) is 14.6. The lowest BCUT2D eigenvalue weighted by Gasteiger charge is -2.41. The fraction of sp³-hybridized carbons (Fsp3) is 0.781. The molecule has 0 amide bonds. The van der Waals surface area contributed by atoms with Crippen LogP contribution in [0.5, 0.6) is 0 Å². The van der Waals surface area contributed by atoms with E-state index >= 15 is 0 Å². The standard InChI is InChI=1S/C32H51N/c1-4-6-7-8-9-10-11-27-12-14-28(15-13-27)29-16-18-30(19-17-29)31-20-22-32(25-33,23-21-31)24-26(3)5-2/h12-15,26,29-31H,4-11,16-24H2,1-3H3/t26-,29?,30?,31-,32+/m1/s1. The van der Waals surface area contributed by atoms with Gasteiger partial charge in [-0.1, -0.05) is 83.6 Å². The average molecular weight is 450 g/mol. The third-order valence-electron chi connectivity index (χ3n) is 9.37. The first kappa shape index (κ1) is 26.3. The smallest absolute Gasteiger partial charge is 0.0689 e. The Morgan fingerprint density at radius 1 is 0.848 bits per heavy atom. The zero-order valence-electron chi connectivity index (χ0n) is 22.1. The van der Waals surface area contributed by atoms with Crippen LogP contribution < -0.4 is 0 Å². The molecule has 184 valence electrons. The number of nitrogens with zero attached hydrogens (tertiary/aromatic N) is 1. The van der Waals surface area contributed by atoms with Crippen LogP contribution in [0.1, 0.15) is 141 Å². The topological polar surface area (TPSA) is 23.8 Å². The maximum atomic E-state index is 9.90. The molecular formula is C32H51N. The van der Waals surface area contributed by atoms with Crippen molar-refractivity contribution >= 4 is 0 Å². The molecule has 3 rings (SSSR count). The average Bonchev–Trinajstić information content (AvgIpc) is 2.87. The van der Waals surface area contributed by atoms with E-state index in [0.717, 1.165) is 37.0 Å². The van der Waals surface area contributed by atoms with Gasteiger partial charge < -0.3 is 0 Å². The SMILES string of the molecule is CCCCCCCCc1ccc(C2CCC([C@H]3CC[C@](C#N)(C[C@H](C)CC)CC3)CC2)cc1. The summed E-state index contributed by atoms with van der Waals surface area (Å²) in [5, 5.41) is 9.90. The van der Waals surface area contributed by atoms with E-state index in [9.17, 15) is 5.26 Å². The van der Waals surface area contributed by atoms with Gasteiger partial charge in [-0.05, 0) is 105 Å². The molecule has 2 saturated carbocycles. The molecule has 2 fully saturated rings. The fourth-order valence-electron chi connectivity index (χ4n) is 6.83. The molecule has 0 spiro atoms. The van der Waals surface area contributed by atoms with Gasteiger partial charge in [-0.2, -0.15) is 5.26 Å². The maximum Gasteiger partial charge on any atom is 0.0689 e. The molecule has 1 heteroatoms. The van der Waals surface area contributed by atoms with Gasteiger partial charge >= 0.3 is 0 Å². The number of nitriles is 1. The monoisotopic (exact) mass is 449 g/mol. The van der Waals surface area contributed by atoms with Gasteiger partial charge in [0.25, 0.3) is 0 Å². The number of hydrogen-bond acceptors (Lipinski definition) is 1. The molecule has 1 aromatic carbocycles. The van der Waals surface area contributed by atoms with Crippen molar-refractivity contribution in [3.05, 3.63) is 35.4 Å². The van der Waals surface area contributed by atoms with Crippen molar-refractivity contribution in [2.75, 3.05) is 0 Å². The Bertz CT molecular complexity index is 695. The molecule has 1 aromatic rings. The van der Waals surface area contributed by atoms with Crippen LogP contribution in [0.4, 0.5) is 0 Å². The minimum atomic E-state index is -0.0135. The van der Waals surface area contributed by atoms with Crippen molar-refractivity contribution in [2.24, 2.45) is 23.2 Å². The number of rotatable bonds is 12. The lowest BCUT2D eigenvalue weighted by atomic mass is 9.62. The van der Waals surface area contributed by atoms with Crippen molar-refractivity contribution in [3.8, 4) is 6.07 Å². The molecule has 33 heavy (non-hydrogen) atoms. The van der Waals surface area contributed by atoms with Crippen LogP contribution in [-0.2, 0) is 6.42 Å². The van der Waals surface area contributed by atoms with E-state index in [1.807, 2.05) is 0 Å². The van der Waals surface area contributed by atoms with Crippen LogP contribution in [0.15, 0.2) is 24.3 Å². The maximum absolute atomic E-state index is 9.90. The van der Waals surface area contributed by atoms with E-state index < -0.39 is 0 Å². The van der Waals surface area contributed by atoms with Gasteiger partial charge in [-0.25, -0.2) is 0 Å². The van der Waals surface area contributed by atoms with E-state index in [0.29, 0.717) is 5.92 Å². The summed E-state index contributed by atoms with van der Waals surface area (Å²) in [7, 11) is 0. The first-order valence-electron chi connectivity index (χ1n) is 14.6. The largest absolute Gasteiger partial charge is 0.198 e. The van der Waals surface area contributed by atoms with Crippen LogP contribution in [0, 0.1) is 34.5 Å². The van der Waals surface area contributed by atoms with E-state index in [-0.39, 0.29) is 5.41 Å². The van der Waals surface area contributed by atoms with Crippen molar-refractivity contribution in [1.29, 1.82) is 5.26 Å². The van der Waals surface area contributed by atoms with E-state index in [4.69, 9.17) is 0 Å². The van der Waals surface area contributed by atoms with Crippen LogP contribution in [0.25, 0.3) is 0 Å². The summed E-state index contributed by atoms with van der Waals surface area (Å²) in [6, 6.07) is 12.5. The van der Waals surface area contributed by atoms with E-state index in [1.54, 1.807) is 5.56 Å². The molecule has 0 aromatic heterocycles. The number of unbranched alkanes of at least 4 members (excludes halogenated alkanes) is 5. The van der Waals surface area contributed by atoms with Crippen molar-refractivity contribution in [3.63, 3.8) is 0 Å². The molecule has 0 saturated heterocycles. The highest BCUT2D eigenvalue weighted by Gasteiger charge is 2.39. The Labute approximate surface area is 205 Å². The molecule has 0 aliphatic heterocycles. The Balaban J connectivity index is 1.39. The molecule has 0 heterocycles. The Hall–Kier alpha value is -1.29. The van der Waals surface area contributed by atoms with Gasteiger partial charge in [-0.3, -0.25) is 0 Å². The second-order valence-corrected chi connectivity index (χ2v) is 11.8. The van der Waals surface area contributed by atoms with Gasteiger partial charge in [0.15, 0.2) is 0 Å². The summed E-state index contributed by atoms with van der Waals surface area (Å²) in [6.07, 6.45) is 22.3.